The molecule has 1 unspecified atom stereocenters. The number of hydrogen-bond acceptors (Lipinski definition) is 4. The fourth-order valence-electron chi connectivity index (χ4n) is 4.16. The van der Waals surface area contributed by atoms with Crippen LogP contribution in [0, 0.1) is 25.7 Å². The van der Waals surface area contributed by atoms with Gasteiger partial charge in [-0.05, 0) is 57.7 Å². The van der Waals surface area contributed by atoms with E-state index in [9.17, 15) is 9.59 Å². The largest absolute Gasteiger partial charge is 0.466 e. The Balaban J connectivity index is 0.00000261. The molecule has 1 aromatic rings. The van der Waals surface area contributed by atoms with Gasteiger partial charge in [-0.1, -0.05) is 6.92 Å². The smallest absolute Gasteiger partial charge is 0.257 e. The fraction of sp³-hybridized carbons (Fsp3) is 0.700. The van der Waals surface area contributed by atoms with Gasteiger partial charge >= 0.3 is 0 Å². The zero-order valence-corrected chi connectivity index (χ0v) is 17.4. The molecule has 2 fully saturated rings. The summed E-state index contributed by atoms with van der Waals surface area (Å²) >= 11 is 0. The number of rotatable bonds is 4. The van der Waals surface area contributed by atoms with Crippen LogP contribution in [0.1, 0.15) is 48.1 Å². The molecule has 3 rings (SSSR count). The molecule has 0 aliphatic carbocycles. The van der Waals surface area contributed by atoms with Gasteiger partial charge in [-0.25, -0.2) is 0 Å². The molecule has 0 saturated carbocycles. The van der Waals surface area contributed by atoms with Crippen molar-refractivity contribution in [3.63, 3.8) is 0 Å². The number of piperazine rings is 1. The van der Waals surface area contributed by atoms with E-state index in [1.807, 2.05) is 23.6 Å². The summed E-state index contributed by atoms with van der Waals surface area (Å²) in [6.07, 6.45) is 2.96. The molecule has 0 radical (unpaired) electrons. The van der Waals surface area contributed by atoms with Gasteiger partial charge in [-0.3, -0.25) is 9.59 Å². The Kier molecular flexibility index (Phi) is 7.74. The highest BCUT2D eigenvalue weighted by atomic mass is 35.5. The molecular weight excluding hydrogens is 366 g/mol. The average molecular weight is 398 g/mol. The number of halogens is 1. The second-order valence-corrected chi connectivity index (χ2v) is 7.77. The number of nitrogens with one attached hydrogen (secondary N) is 1. The van der Waals surface area contributed by atoms with Gasteiger partial charge in [0.15, 0.2) is 0 Å². The lowest BCUT2D eigenvalue weighted by Crippen LogP contribution is -2.51. The van der Waals surface area contributed by atoms with E-state index in [1.165, 1.54) is 12.8 Å². The van der Waals surface area contributed by atoms with Gasteiger partial charge in [-0.15, -0.1) is 12.4 Å². The average Bonchev–Trinajstić information content (AvgIpc) is 3.00. The molecular formula is C20H32ClN3O3. The minimum absolute atomic E-state index is 0. The Bertz CT molecular complexity index is 647. The number of aryl methyl sites for hydroxylation is 2. The van der Waals surface area contributed by atoms with Crippen LogP contribution in [0.4, 0.5) is 0 Å². The van der Waals surface area contributed by atoms with Crippen LogP contribution in [0.5, 0.6) is 0 Å². The van der Waals surface area contributed by atoms with Crippen LogP contribution in [-0.2, 0) is 4.79 Å². The molecule has 1 aromatic heterocycles. The third-order valence-electron chi connectivity index (χ3n) is 5.88. The Morgan fingerprint density at radius 1 is 1.15 bits per heavy atom. The van der Waals surface area contributed by atoms with Crippen molar-refractivity contribution in [2.24, 2.45) is 11.8 Å². The lowest BCUT2D eigenvalue weighted by Gasteiger charge is -2.36. The van der Waals surface area contributed by atoms with Gasteiger partial charge < -0.3 is 19.5 Å². The summed E-state index contributed by atoms with van der Waals surface area (Å²) in [4.78, 5) is 29.1. The first-order chi connectivity index (χ1) is 12.5. The first kappa shape index (κ1) is 21.8. The number of furan rings is 1. The summed E-state index contributed by atoms with van der Waals surface area (Å²) in [6.45, 7) is 10.4. The molecule has 0 spiro atoms. The van der Waals surface area contributed by atoms with Crippen LogP contribution in [0.2, 0.25) is 0 Å². The minimum Gasteiger partial charge on any atom is -0.466 e. The maximum absolute atomic E-state index is 12.7. The molecule has 27 heavy (non-hydrogen) atoms. The summed E-state index contributed by atoms with van der Waals surface area (Å²) in [7, 11) is 0. The molecule has 0 bridgehead atoms. The van der Waals surface area contributed by atoms with E-state index in [2.05, 4.69) is 12.2 Å². The van der Waals surface area contributed by atoms with E-state index in [4.69, 9.17) is 4.42 Å². The summed E-state index contributed by atoms with van der Waals surface area (Å²) < 4.78 is 5.47. The number of hydrogen-bond donors (Lipinski definition) is 1. The van der Waals surface area contributed by atoms with Crippen LogP contribution in [0.3, 0.4) is 0 Å². The summed E-state index contributed by atoms with van der Waals surface area (Å²) in [6, 6.07) is 1.80. The highest BCUT2D eigenvalue weighted by molar-refractivity contribution is 5.95. The number of piperidine rings is 1. The van der Waals surface area contributed by atoms with Crippen molar-refractivity contribution in [3.8, 4) is 0 Å². The summed E-state index contributed by atoms with van der Waals surface area (Å²) in [5.74, 6) is 2.75. The van der Waals surface area contributed by atoms with Crippen LogP contribution in [-0.4, -0.2) is 60.9 Å². The first-order valence-corrected chi connectivity index (χ1v) is 9.80. The van der Waals surface area contributed by atoms with Crippen molar-refractivity contribution in [3.05, 3.63) is 23.2 Å². The maximum atomic E-state index is 12.7. The monoisotopic (exact) mass is 397 g/mol. The van der Waals surface area contributed by atoms with Gasteiger partial charge in [-0.2, -0.15) is 0 Å². The van der Waals surface area contributed by atoms with E-state index >= 15 is 0 Å². The lowest BCUT2D eigenvalue weighted by atomic mass is 9.84. The number of carbonyl (C=O) groups is 2. The fourth-order valence-corrected chi connectivity index (χ4v) is 4.16. The van der Waals surface area contributed by atoms with Gasteiger partial charge in [0.1, 0.15) is 11.5 Å². The number of amides is 2. The van der Waals surface area contributed by atoms with Crippen molar-refractivity contribution in [1.29, 1.82) is 0 Å². The SMILES string of the molecule is Cc1cc(C(=O)N2CCN(C(=O)CC(C)C3CCNCC3)CC2)c(C)o1.Cl. The van der Waals surface area contributed by atoms with Gasteiger partial charge in [0.05, 0.1) is 5.56 Å². The number of carbonyl (C=O) groups excluding carboxylic acids is 2. The predicted molar refractivity (Wildman–Crippen MR) is 107 cm³/mol. The molecule has 2 aliphatic heterocycles. The molecule has 1 atom stereocenters. The third kappa shape index (κ3) is 5.26. The summed E-state index contributed by atoms with van der Waals surface area (Å²) in [5, 5.41) is 3.38. The second-order valence-electron chi connectivity index (χ2n) is 7.77. The van der Waals surface area contributed by atoms with Crippen molar-refractivity contribution >= 4 is 24.2 Å². The molecule has 2 aliphatic rings. The van der Waals surface area contributed by atoms with E-state index in [0.717, 1.165) is 18.8 Å². The Morgan fingerprint density at radius 2 is 1.74 bits per heavy atom. The van der Waals surface area contributed by atoms with E-state index < -0.39 is 0 Å². The first-order valence-electron chi connectivity index (χ1n) is 9.80. The summed E-state index contributed by atoms with van der Waals surface area (Å²) in [5.41, 5.74) is 0.641. The Morgan fingerprint density at radius 3 is 2.30 bits per heavy atom. The van der Waals surface area contributed by atoms with Crippen LogP contribution >= 0.6 is 12.4 Å². The Hall–Kier alpha value is -1.53. The molecule has 2 amide bonds. The predicted octanol–water partition coefficient (Wildman–Crippen LogP) is 2.63. The molecule has 6 nitrogen and oxygen atoms in total. The zero-order chi connectivity index (χ0) is 18.7. The quantitative estimate of drug-likeness (QED) is 0.848. The maximum Gasteiger partial charge on any atom is 0.257 e. The third-order valence-corrected chi connectivity index (χ3v) is 5.88. The molecule has 3 heterocycles. The zero-order valence-electron chi connectivity index (χ0n) is 16.6. The molecule has 7 heteroatoms. The van der Waals surface area contributed by atoms with Crippen molar-refractivity contribution in [2.75, 3.05) is 39.3 Å². The lowest BCUT2D eigenvalue weighted by molar-refractivity contribution is -0.134. The topological polar surface area (TPSA) is 65.8 Å². The molecule has 0 aromatic carbocycles. The van der Waals surface area contributed by atoms with Crippen molar-refractivity contribution in [2.45, 2.75) is 40.0 Å². The van der Waals surface area contributed by atoms with Gasteiger partial charge in [0, 0.05) is 32.6 Å². The minimum atomic E-state index is 0. The van der Waals surface area contributed by atoms with E-state index in [0.29, 0.717) is 55.8 Å². The standard InChI is InChI=1S/C20H31N3O3.ClH/c1-14(17-4-6-21-7-5-17)12-19(24)22-8-10-23(11-9-22)20(25)18-13-15(2)26-16(18)3;/h13-14,17,21H,4-12H2,1-3H3;1H. The van der Waals surface area contributed by atoms with Crippen LogP contribution in [0.15, 0.2) is 10.5 Å². The highest BCUT2D eigenvalue weighted by Crippen LogP contribution is 2.25. The molecule has 2 saturated heterocycles. The van der Waals surface area contributed by atoms with Gasteiger partial charge in [0.25, 0.3) is 5.91 Å². The Labute approximate surface area is 168 Å². The van der Waals surface area contributed by atoms with Crippen molar-refractivity contribution < 1.29 is 14.0 Å². The molecule has 1 N–H and O–H groups in total. The molecule has 152 valence electrons. The van der Waals surface area contributed by atoms with E-state index in [1.54, 1.807) is 6.07 Å². The second kappa shape index (κ2) is 9.60. The highest BCUT2D eigenvalue weighted by Gasteiger charge is 2.29. The van der Waals surface area contributed by atoms with Gasteiger partial charge in [0.2, 0.25) is 5.91 Å². The van der Waals surface area contributed by atoms with Crippen LogP contribution in [0.25, 0.3) is 0 Å². The van der Waals surface area contributed by atoms with Crippen molar-refractivity contribution in [1.82, 2.24) is 15.1 Å². The number of nitrogens with zero attached hydrogens (tertiary/aromatic N) is 2. The normalized spacial score (nSPS) is 19.5. The van der Waals surface area contributed by atoms with E-state index in [-0.39, 0.29) is 24.2 Å². The van der Waals surface area contributed by atoms with Crippen LogP contribution < -0.4 is 5.32 Å².